The van der Waals surface area contributed by atoms with Crippen molar-refractivity contribution in [3.63, 3.8) is 0 Å². The summed E-state index contributed by atoms with van der Waals surface area (Å²) in [6.07, 6.45) is 2.48. The van der Waals surface area contributed by atoms with Crippen LogP contribution in [0.5, 0.6) is 0 Å². The second-order valence-corrected chi connectivity index (χ2v) is 3.29. The molecule has 4 heteroatoms. The minimum atomic E-state index is -0.241. The second-order valence-electron chi connectivity index (χ2n) is 3.29. The lowest BCUT2D eigenvalue weighted by Crippen LogP contribution is -2.39. The zero-order valence-electron chi connectivity index (χ0n) is 8.21. The van der Waals surface area contributed by atoms with Crippen LogP contribution in [0.3, 0.4) is 0 Å². The third-order valence-electron chi connectivity index (χ3n) is 2.23. The number of carbonyl (C=O) groups is 1. The van der Waals surface area contributed by atoms with E-state index in [1.807, 2.05) is 0 Å². The van der Waals surface area contributed by atoms with Gasteiger partial charge in [0.15, 0.2) is 0 Å². The molecule has 0 unspecified atom stereocenters. The summed E-state index contributed by atoms with van der Waals surface area (Å²) in [6.45, 7) is 3.37. The Hall–Kier alpha value is -0.610. The highest BCUT2D eigenvalue weighted by Crippen LogP contribution is 2.10. The van der Waals surface area contributed by atoms with Gasteiger partial charge in [0.05, 0.1) is 13.2 Å². The third-order valence-corrected chi connectivity index (χ3v) is 2.23. The van der Waals surface area contributed by atoms with Crippen molar-refractivity contribution < 1.29 is 14.3 Å². The minimum absolute atomic E-state index is 0.224. The van der Waals surface area contributed by atoms with Gasteiger partial charge in [-0.2, -0.15) is 0 Å². The van der Waals surface area contributed by atoms with Gasteiger partial charge in [-0.25, -0.2) is 0 Å². The molecule has 1 saturated heterocycles. The van der Waals surface area contributed by atoms with Crippen LogP contribution in [0.4, 0.5) is 0 Å². The Morgan fingerprint density at radius 2 is 2.54 bits per heavy atom. The number of methoxy groups -OCH3 is 1. The Kier molecular flexibility index (Phi) is 4.18. The van der Waals surface area contributed by atoms with Crippen molar-refractivity contribution in [1.82, 2.24) is 5.32 Å². The molecule has 0 aromatic rings. The topological polar surface area (TPSA) is 47.6 Å². The molecule has 0 amide bonds. The smallest absolute Gasteiger partial charge is 0.322 e. The number of hydrogen-bond acceptors (Lipinski definition) is 4. The van der Waals surface area contributed by atoms with Gasteiger partial charge in [-0.3, -0.25) is 4.79 Å². The highest BCUT2D eigenvalue weighted by Gasteiger charge is 2.18. The van der Waals surface area contributed by atoms with Crippen molar-refractivity contribution in [2.75, 3.05) is 20.3 Å². The van der Waals surface area contributed by atoms with Crippen LogP contribution in [-0.2, 0) is 14.3 Å². The Morgan fingerprint density at radius 1 is 1.77 bits per heavy atom. The number of ether oxygens (including phenoxy) is 2. The molecule has 13 heavy (non-hydrogen) atoms. The molecule has 1 fully saturated rings. The summed E-state index contributed by atoms with van der Waals surface area (Å²) >= 11 is 0. The first-order chi connectivity index (χ1) is 6.24. The molecule has 76 valence electrons. The Bertz CT molecular complexity index is 166. The standard InChI is InChI=1S/C9H17NO3/c1-7(9(11)12-2)10-6-8-4-3-5-13-8/h7-8,10H,3-6H2,1-2H3/t7-,8+/m1/s1. The maximum Gasteiger partial charge on any atom is 0.322 e. The molecule has 0 radical (unpaired) electrons. The summed E-state index contributed by atoms with van der Waals surface area (Å²) in [5.74, 6) is -0.224. The quantitative estimate of drug-likeness (QED) is 0.644. The van der Waals surface area contributed by atoms with Crippen molar-refractivity contribution in [3.8, 4) is 0 Å². The lowest BCUT2D eigenvalue weighted by molar-refractivity contribution is -0.142. The molecule has 1 N–H and O–H groups in total. The molecule has 1 rings (SSSR count). The van der Waals surface area contributed by atoms with E-state index < -0.39 is 0 Å². The van der Waals surface area contributed by atoms with Crippen molar-refractivity contribution >= 4 is 5.97 Å². The first-order valence-electron chi connectivity index (χ1n) is 4.67. The number of hydrogen-bond donors (Lipinski definition) is 1. The lowest BCUT2D eigenvalue weighted by atomic mass is 10.2. The predicted octanol–water partition coefficient (Wildman–Crippen LogP) is 0.316. The molecule has 4 nitrogen and oxygen atoms in total. The largest absolute Gasteiger partial charge is 0.468 e. The second kappa shape index (κ2) is 5.19. The number of esters is 1. The van der Waals surface area contributed by atoms with Crippen molar-refractivity contribution in [2.24, 2.45) is 0 Å². The maximum absolute atomic E-state index is 11.0. The first kappa shape index (κ1) is 10.5. The fourth-order valence-electron chi connectivity index (χ4n) is 1.37. The monoisotopic (exact) mass is 187 g/mol. The van der Waals surface area contributed by atoms with E-state index in [9.17, 15) is 4.79 Å². The third kappa shape index (κ3) is 3.32. The van der Waals surface area contributed by atoms with Crippen LogP contribution in [0.15, 0.2) is 0 Å². The van der Waals surface area contributed by atoms with Crippen LogP contribution in [0, 0.1) is 0 Å². The van der Waals surface area contributed by atoms with Crippen molar-refractivity contribution in [2.45, 2.75) is 31.9 Å². The maximum atomic E-state index is 11.0. The van der Waals surface area contributed by atoms with E-state index in [4.69, 9.17) is 4.74 Å². The summed E-state index contributed by atoms with van der Waals surface area (Å²) in [7, 11) is 1.40. The summed E-state index contributed by atoms with van der Waals surface area (Å²) in [5.41, 5.74) is 0. The van der Waals surface area contributed by atoms with E-state index in [1.165, 1.54) is 7.11 Å². The number of carbonyl (C=O) groups excluding carboxylic acids is 1. The highest BCUT2D eigenvalue weighted by atomic mass is 16.5. The highest BCUT2D eigenvalue weighted by molar-refractivity contribution is 5.75. The molecular weight excluding hydrogens is 170 g/mol. The Labute approximate surface area is 78.6 Å². The van der Waals surface area contributed by atoms with Crippen molar-refractivity contribution in [1.29, 1.82) is 0 Å². The molecule has 0 saturated carbocycles. The van der Waals surface area contributed by atoms with Gasteiger partial charge in [-0.1, -0.05) is 0 Å². The van der Waals surface area contributed by atoms with Crippen LogP contribution < -0.4 is 5.32 Å². The Balaban J connectivity index is 2.13. The molecule has 1 aliphatic rings. The zero-order chi connectivity index (χ0) is 9.68. The molecule has 0 aliphatic carbocycles. The molecule has 0 bridgehead atoms. The van der Waals surface area contributed by atoms with Gasteiger partial charge < -0.3 is 14.8 Å². The van der Waals surface area contributed by atoms with Gasteiger partial charge in [-0.05, 0) is 19.8 Å². The number of rotatable bonds is 4. The molecule has 2 atom stereocenters. The average Bonchev–Trinajstić information content (AvgIpc) is 2.65. The van der Waals surface area contributed by atoms with Gasteiger partial charge in [0.2, 0.25) is 0 Å². The summed E-state index contributed by atoms with van der Waals surface area (Å²) < 4.78 is 9.99. The zero-order valence-corrected chi connectivity index (χ0v) is 8.21. The van der Waals surface area contributed by atoms with Gasteiger partial charge in [-0.15, -0.1) is 0 Å². The van der Waals surface area contributed by atoms with Gasteiger partial charge in [0.1, 0.15) is 6.04 Å². The lowest BCUT2D eigenvalue weighted by Gasteiger charge is -2.14. The van der Waals surface area contributed by atoms with E-state index in [-0.39, 0.29) is 18.1 Å². The van der Waals surface area contributed by atoms with Gasteiger partial charge in [0, 0.05) is 13.2 Å². The molecule has 1 heterocycles. The van der Waals surface area contributed by atoms with Gasteiger partial charge >= 0.3 is 5.97 Å². The summed E-state index contributed by atoms with van der Waals surface area (Å²) in [4.78, 5) is 11.0. The SMILES string of the molecule is COC(=O)[C@@H](C)NC[C@@H]1CCCO1. The van der Waals surface area contributed by atoms with Crippen molar-refractivity contribution in [3.05, 3.63) is 0 Å². The normalized spacial score (nSPS) is 24.3. The van der Waals surface area contributed by atoms with Crippen LogP contribution in [0.25, 0.3) is 0 Å². The van der Waals surface area contributed by atoms with Crippen LogP contribution in [0.2, 0.25) is 0 Å². The fourth-order valence-corrected chi connectivity index (χ4v) is 1.37. The van der Waals surface area contributed by atoms with E-state index in [0.717, 1.165) is 26.0 Å². The van der Waals surface area contributed by atoms with Gasteiger partial charge in [0.25, 0.3) is 0 Å². The summed E-state index contributed by atoms with van der Waals surface area (Å²) in [6, 6.07) is -0.241. The first-order valence-corrected chi connectivity index (χ1v) is 4.67. The van der Waals surface area contributed by atoms with Crippen LogP contribution in [-0.4, -0.2) is 38.4 Å². The summed E-state index contributed by atoms with van der Waals surface area (Å²) in [5, 5.41) is 3.08. The van der Waals surface area contributed by atoms with E-state index in [1.54, 1.807) is 6.92 Å². The van der Waals surface area contributed by atoms with E-state index >= 15 is 0 Å². The molecular formula is C9H17NO3. The van der Waals surface area contributed by atoms with Crippen LogP contribution >= 0.6 is 0 Å². The fraction of sp³-hybridized carbons (Fsp3) is 0.889. The Morgan fingerprint density at radius 3 is 3.08 bits per heavy atom. The minimum Gasteiger partial charge on any atom is -0.468 e. The number of nitrogens with one attached hydrogen (secondary N) is 1. The van der Waals surface area contributed by atoms with Crippen LogP contribution in [0.1, 0.15) is 19.8 Å². The van der Waals surface area contributed by atoms with E-state index in [2.05, 4.69) is 10.1 Å². The molecule has 0 aromatic carbocycles. The predicted molar refractivity (Wildman–Crippen MR) is 48.5 cm³/mol. The molecule has 0 aromatic heterocycles. The van der Waals surface area contributed by atoms with E-state index in [0.29, 0.717) is 0 Å². The average molecular weight is 187 g/mol. The molecule has 1 aliphatic heterocycles. The molecule has 0 spiro atoms.